The van der Waals surface area contributed by atoms with Gasteiger partial charge in [0, 0.05) is 11.4 Å². The zero-order chi connectivity index (χ0) is 25.5. The molecule has 1 aliphatic carbocycles. The van der Waals surface area contributed by atoms with Crippen LogP contribution >= 0.6 is 23.1 Å². The highest BCUT2D eigenvalue weighted by Gasteiger charge is 2.26. The van der Waals surface area contributed by atoms with Gasteiger partial charge in [0.25, 0.3) is 0 Å². The molecular weight excluding hydrogens is 496 g/mol. The van der Waals surface area contributed by atoms with Crippen molar-refractivity contribution in [2.24, 2.45) is 0 Å². The van der Waals surface area contributed by atoms with Gasteiger partial charge >= 0.3 is 5.97 Å². The fraction of sp³-hybridized carbons (Fsp3) is 0.385. The molecule has 190 valence electrons. The average molecular weight is 527 g/mol. The molecule has 0 fully saturated rings. The molecule has 2 aromatic heterocycles. The first-order valence-corrected chi connectivity index (χ1v) is 13.7. The Labute approximate surface area is 219 Å². The number of benzene rings is 1. The molecule has 0 bridgehead atoms. The number of esters is 1. The van der Waals surface area contributed by atoms with Crippen molar-refractivity contribution in [3.8, 4) is 5.75 Å². The quantitative estimate of drug-likeness (QED) is 0.168. The highest BCUT2D eigenvalue weighted by molar-refractivity contribution is 7.99. The Morgan fingerprint density at radius 3 is 2.81 bits per heavy atom. The smallest absolute Gasteiger partial charge is 0.341 e. The Hall–Kier alpha value is -3.11. The molecule has 1 aromatic carbocycles. The van der Waals surface area contributed by atoms with Crippen LogP contribution in [-0.4, -0.2) is 39.5 Å². The molecule has 0 saturated heterocycles. The molecule has 0 unspecified atom stereocenters. The number of aryl methyl sites for hydroxylation is 2. The van der Waals surface area contributed by atoms with Gasteiger partial charge in [-0.05, 0) is 49.8 Å². The second kappa shape index (κ2) is 12.2. The predicted molar refractivity (Wildman–Crippen MR) is 142 cm³/mol. The first-order valence-electron chi connectivity index (χ1n) is 11.9. The molecule has 3 aromatic rings. The van der Waals surface area contributed by atoms with Gasteiger partial charge in [-0.2, -0.15) is 0 Å². The van der Waals surface area contributed by atoms with Crippen LogP contribution in [0.2, 0.25) is 0 Å². The van der Waals surface area contributed by atoms with Crippen LogP contribution in [0.1, 0.15) is 51.4 Å². The van der Waals surface area contributed by atoms with Crippen molar-refractivity contribution in [1.82, 2.24) is 14.8 Å². The number of hydrogen-bond donors (Lipinski definition) is 1. The molecular formula is C26H30N4O4S2. The summed E-state index contributed by atoms with van der Waals surface area (Å²) in [5, 5.41) is 12.6. The van der Waals surface area contributed by atoms with Crippen LogP contribution in [0.3, 0.4) is 0 Å². The lowest BCUT2D eigenvalue weighted by Crippen LogP contribution is -2.17. The number of methoxy groups -OCH3 is 1. The number of carbonyl (C=O) groups is 2. The van der Waals surface area contributed by atoms with Crippen molar-refractivity contribution in [2.45, 2.75) is 57.3 Å². The van der Waals surface area contributed by atoms with E-state index in [4.69, 9.17) is 9.47 Å². The van der Waals surface area contributed by atoms with Gasteiger partial charge in [-0.3, -0.25) is 9.36 Å². The summed E-state index contributed by atoms with van der Waals surface area (Å²) in [6.07, 6.45) is 6.78. The Morgan fingerprint density at radius 2 is 2.03 bits per heavy atom. The first-order chi connectivity index (χ1) is 17.5. The fourth-order valence-corrected chi connectivity index (χ4v) is 6.21. The second-order valence-corrected chi connectivity index (χ2v) is 10.5. The lowest BCUT2D eigenvalue weighted by molar-refractivity contribution is -0.113. The van der Waals surface area contributed by atoms with E-state index >= 15 is 0 Å². The van der Waals surface area contributed by atoms with Crippen molar-refractivity contribution in [1.29, 1.82) is 0 Å². The largest absolute Gasteiger partial charge is 0.485 e. The van der Waals surface area contributed by atoms with Gasteiger partial charge in [-0.15, -0.1) is 28.1 Å². The first kappa shape index (κ1) is 26.0. The fourth-order valence-electron chi connectivity index (χ4n) is 4.15. The molecule has 36 heavy (non-hydrogen) atoms. The minimum Gasteiger partial charge on any atom is -0.485 e. The maximum absolute atomic E-state index is 12.9. The zero-order valence-corrected chi connectivity index (χ0v) is 22.2. The summed E-state index contributed by atoms with van der Waals surface area (Å²) in [4.78, 5) is 26.6. The van der Waals surface area contributed by atoms with Crippen LogP contribution in [0.15, 0.2) is 42.1 Å². The molecule has 1 amide bonds. The van der Waals surface area contributed by atoms with Crippen molar-refractivity contribution in [3.63, 3.8) is 0 Å². The summed E-state index contributed by atoms with van der Waals surface area (Å²) in [6.45, 7) is 6.56. The number of nitrogens with one attached hydrogen (secondary N) is 1. The van der Waals surface area contributed by atoms with Gasteiger partial charge in [0.15, 0.2) is 11.0 Å². The summed E-state index contributed by atoms with van der Waals surface area (Å²) in [5.41, 5.74) is 2.57. The predicted octanol–water partition coefficient (Wildman–Crippen LogP) is 5.20. The van der Waals surface area contributed by atoms with E-state index in [1.165, 1.54) is 35.1 Å². The van der Waals surface area contributed by atoms with Crippen LogP contribution in [0.25, 0.3) is 0 Å². The molecule has 4 rings (SSSR count). The van der Waals surface area contributed by atoms with Crippen LogP contribution in [-0.2, 0) is 35.5 Å². The van der Waals surface area contributed by atoms with Crippen molar-refractivity contribution in [2.75, 3.05) is 18.2 Å². The van der Waals surface area contributed by atoms with E-state index in [2.05, 4.69) is 22.1 Å². The van der Waals surface area contributed by atoms with Crippen molar-refractivity contribution < 1.29 is 19.1 Å². The summed E-state index contributed by atoms with van der Waals surface area (Å²) in [6, 6.07) is 7.79. The number of carbonyl (C=O) groups excluding carboxylic acids is 2. The monoisotopic (exact) mass is 526 g/mol. The number of aromatic nitrogens is 3. The molecule has 0 aliphatic heterocycles. The van der Waals surface area contributed by atoms with E-state index in [1.807, 2.05) is 35.8 Å². The Kier molecular flexibility index (Phi) is 8.82. The molecule has 0 radical (unpaired) electrons. The lowest BCUT2D eigenvalue weighted by atomic mass is 10.1. The third kappa shape index (κ3) is 5.99. The Bertz CT molecular complexity index is 1250. The van der Waals surface area contributed by atoms with Crippen LogP contribution in [0.5, 0.6) is 5.75 Å². The molecule has 2 heterocycles. The van der Waals surface area contributed by atoms with Gasteiger partial charge in [0.05, 0.1) is 18.4 Å². The molecule has 0 spiro atoms. The van der Waals surface area contributed by atoms with Gasteiger partial charge in [-0.25, -0.2) is 4.79 Å². The number of anilines is 1. The van der Waals surface area contributed by atoms with Crippen molar-refractivity contribution >= 4 is 40.0 Å². The van der Waals surface area contributed by atoms with Gasteiger partial charge in [0.1, 0.15) is 17.4 Å². The second-order valence-electron chi connectivity index (χ2n) is 8.45. The topological polar surface area (TPSA) is 95.3 Å². The maximum Gasteiger partial charge on any atom is 0.341 e. The summed E-state index contributed by atoms with van der Waals surface area (Å²) in [5.74, 6) is 0.941. The third-order valence-electron chi connectivity index (χ3n) is 5.95. The van der Waals surface area contributed by atoms with E-state index in [9.17, 15) is 9.59 Å². The highest BCUT2D eigenvalue weighted by atomic mass is 32.2. The standard InChI is InChI=1S/C26H30N4O4S2/c1-4-14-30-21(15-34-19-12-9-8-10-17(19)2)28-29-26(30)35-16-22(31)27-24-23(25(32)33-3)18-11-6-5-7-13-20(18)36-24/h4,8-10,12H,1,5-7,11,13-16H2,2-3H3,(H,27,31). The number of hydrogen-bond acceptors (Lipinski definition) is 8. The summed E-state index contributed by atoms with van der Waals surface area (Å²) >= 11 is 2.77. The summed E-state index contributed by atoms with van der Waals surface area (Å²) in [7, 11) is 1.37. The van der Waals surface area contributed by atoms with Gasteiger partial charge in [0.2, 0.25) is 5.91 Å². The zero-order valence-electron chi connectivity index (χ0n) is 20.5. The van der Waals surface area contributed by atoms with E-state index in [-0.39, 0.29) is 18.3 Å². The number of fused-ring (bicyclic) bond motifs is 1. The number of amides is 1. The molecule has 0 saturated carbocycles. The van der Waals surface area contributed by atoms with Crippen LogP contribution in [0, 0.1) is 6.92 Å². The normalized spacial score (nSPS) is 12.9. The van der Waals surface area contributed by atoms with Crippen molar-refractivity contribution in [3.05, 3.63) is 64.3 Å². The molecule has 1 aliphatic rings. The number of thiophene rings is 1. The number of para-hydroxylation sites is 1. The van der Waals surface area contributed by atoms with Gasteiger partial charge < -0.3 is 14.8 Å². The van der Waals surface area contributed by atoms with E-state index in [0.717, 1.165) is 49.0 Å². The molecule has 1 N–H and O–H groups in total. The van der Waals surface area contributed by atoms with E-state index in [0.29, 0.717) is 28.1 Å². The maximum atomic E-state index is 12.9. The molecule has 8 nitrogen and oxygen atoms in total. The average Bonchev–Trinajstić information content (AvgIpc) is 3.33. The van der Waals surface area contributed by atoms with Gasteiger partial charge in [-0.1, -0.05) is 42.5 Å². The van der Waals surface area contributed by atoms with Crippen LogP contribution in [0.4, 0.5) is 5.00 Å². The minimum atomic E-state index is -0.402. The number of ether oxygens (including phenoxy) is 2. The Morgan fingerprint density at radius 1 is 1.22 bits per heavy atom. The lowest BCUT2D eigenvalue weighted by Gasteiger charge is -2.11. The van der Waals surface area contributed by atoms with E-state index in [1.54, 1.807) is 6.08 Å². The molecule has 0 atom stereocenters. The summed E-state index contributed by atoms with van der Waals surface area (Å²) < 4.78 is 12.8. The van der Waals surface area contributed by atoms with Crippen LogP contribution < -0.4 is 10.1 Å². The molecule has 10 heteroatoms. The number of nitrogens with zero attached hydrogens (tertiary/aromatic N) is 3. The number of allylic oxidation sites excluding steroid dienone is 1. The highest BCUT2D eigenvalue weighted by Crippen LogP contribution is 2.38. The Balaban J connectivity index is 1.43. The minimum absolute atomic E-state index is 0.122. The SMILES string of the molecule is C=CCn1c(COc2ccccc2C)nnc1SCC(=O)Nc1sc2c(c1C(=O)OC)CCCCC2. The number of rotatable bonds is 10. The van der Waals surface area contributed by atoms with E-state index < -0.39 is 5.97 Å². The number of thioether (sulfide) groups is 1. The third-order valence-corrected chi connectivity index (χ3v) is 8.13.